The van der Waals surface area contributed by atoms with Crippen molar-refractivity contribution in [2.75, 3.05) is 9.80 Å². The van der Waals surface area contributed by atoms with Gasteiger partial charge in [-0.15, -0.1) is 0 Å². The monoisotopic (exact) mass is 784 g/mol. The zero-order valence-electron chi connectivity index (χ0n) is 32.4. The second-order valence-electron chi connectivity index (χ2n) is 18.0. The summed E-state index contributed by atoms with van der Waals surface area (Å²) in [5.74, 6) is -0.720. The molecule has 2 aliphatic heterocycles. The van der Waals surface area contributed by atoms with E-state index in [2.05, 4.69) is 37.5 Å². The van der Waals surface area contributed by atoms with E-state index in [9.17, 15) is 19.2 Å². The predicted octanol–water partition coefficient (Wildman–Crippen LogP) is 11.5. The molecule has 286 valence electrons. The first-order valence-electron chi connectivity index (χ1n) is 20.0. The fourth-order valence-corrected chi connectivity index (χ4v) is 10.7. The van der Waals surface area contributed by atoms with Crippen LogP contribution in [0.2, 0.25) is 10.0 Å². The van der Waals surface area contributed by atoms with Crippen molar-refractivity contribution in [1.29, 1.82) is 0 Å². The first-order chi connectivity index (χ1) is 26.7. The average Bonchev–Trinajstić information content (AvgIpc) is 3.14. The molecule has 8 heteroatoms. The SMILES string of the molecule is CC1(C)CC(=O)C2=C(C1)N(c1ccc(Cl)cc1)C1=C(C(=O)CCC1)C2c1ccc(C2C3=C(CCCC3=O)N(c3ccc(Cl)cc3)C3=C2C(=O)CC(C)(C)C3)cc1. The van der Waals surface area contributed by atoms with Crippen LogP contribution in [0.5, 0.6) is 0 Å². The van der Waals surface area contributed by atoms with Crippen LogP contribution in [-0.4, -0.2) is 23.1 Å². The van der Waals surface area contributed by atoms with Crippen LogP contribution >= 0.6 is 23.2 Å². The van der Waals surface area contributed by atoms with Crippen molar-refractivity contribution in [3.05, 3.63) is 139 Å². The smallest absolute Gasteiger partial charge is 0.162 e. The van der Waals surface area contributed by atoms with Crippen LogP contribution in [0.4, 0.5) is 11.4 Å². The highest BCUT2D eigenvalue weighted by atomic mass is 35.5. The maximum absolute atomic E-state index is 14.4. The van der Waals surface area contributed by atoms with E-state index in [0.717, 1.165) is 71.0 Å². The number of rotatable bonds is 4. The predicted molar refractivity (Wildman–Crippen MR) is 222 cm³/mol. The lowest BCUT2D eigenvalue weighted by Crippen LogP contribution is -2.42. The third-order valence-electron chi connectivity index (χ3n) is 12.7. The van der Waals surface area contributed by atoms with Gasteiger partial charge in [0.2, 0.25) is 0 Å². The van der Waals surface area contributed by atoms with Crippen LogP contribution in [0, 0.1) is 10.8 Å². The highest BCUT2D eigenvalue weighted by Gasteiger charge is 2.49. The molecule has 9 rings (SSSR count). The highest BCUT2D eigenvalue weighted by molar-refractivity contribution is 6.31. The summed E-state index contributed by atoms with van der Waals surface area (Å²) in [5, 5.41) is 1.25. The minimum absolute atomic E-state index is 0.0663. The topological polar surface area (TPSA) is 74.8 Å². The molecule has 2 atom stereocenters. The highest BCUT2D eigenvalue weighted by Crippen LogP contribution is 2.56. The summed E-state index contributed by atoms with van der Waals surface area (Å²) in [5.41, 5.74) is 9.67. The molecule has 0 radical (unpaired) electrons. The molecule has 2 heterocycles. The molecule has 0 spiro atoms. The maximum atomic E-state index is 14.4. The van der Waals surface area contributed by atoms with Gasteiger partial charge in [-0.25, -0.2) is 0 Å². The van der Waals surface area contributed by atoms with Gasteiger partial charge in [0.05, 0.1) is 0 Å². The van der Waals surface area contributed by atoms with Crippen molar-refractivity contribution < 1.29 is 19.2 Å². The minimum Gasteiger partial charge on any atom is -0.317 e. The molecule has 0 saturated heterocycles. The summed E-state index contributed by atoms with van der Waals surface area (Å²) in [6.45, 7) is 8.55. The molecule has 0 amide bonds. The van der Waals surface area contributed by atoms with Crippen LogP contribution in [0.3, 0.4) is 0 Å². The van der Waals surface area contributed by atoms with E-state index in [0.29, 0.717) is 70.9 Å². The standard InChI is InChI=1S/C48H46Cl2N2O4/c1-47(2)23-35-45(39(55)25-47)41(43-33(7-5-9-37(43)53)51(35)31-19-15-29(49)16-20-31)27-11-13-28(14-12-27)42-44-34(8-6-10-38(44)54)52(32-21-17-30(50)18-22-32)36-24-48(3,4)26-40(56)46(36)42/h11-22,41-42H,5-10,23-26H2,1-4H3. The van der Waals surface area contributed by atoms with Gasteiger partial charge in [-0.1, -0.05) is 75.2 Å². The van der Waals surface area contributed by atoms with E-state index < -0.39 is 11.8 Å². The molecule has 0 bridgehead atoms. The van der Waals surface area contributed by atoms with E-state index in [1.54, 1.807) is 0 Å². The second-order valence-corrected chi connectivity index (χ2v) is 18.9. The first kappa shape index (κ1) is 37.1. The average molecular weight is 786 g/mol. The van der Waals surface area contributed by atoms with Crippen molar-refractivity contribution in [2.24, 2.45) is 10.8 Å². The Labute approximate surface area is 338 Å². The van der Waals surface area contributed by atoms with Gasteiger partial charge >= 0.3 is 0 Å². The van der Waals surface area contributed by atoms with Gasteiger partial charge in [0.1, 0.15) is 0 Å². The molecule has 0 fully saturated rings. The summed E-state index contributed by atoms with van der Waals surface area (Å²) < 4.78 is 0. The van der Waals surface area contributed by atoms with Gasteiger partial charge in [-0.3, -0.25) is 19.2 Å². The van der Waals surface area contributed by atoms with Crippen LogP contribution < -0.4 is 9.80 Å². The number of benzene rings is 3. The molecular formula is C48H46Cl2N2O4. The van der Waals surface area contributed by atoms with Gasteiger partial charge in [0, 0.05) is 104 Å². The van der Waals surface area contributed by atoms with Gasteiger partial charge in [0.15, 0.2) is 23.1 Å². The van der Waals surface area contributed by atoms with E-state index in [4.69, 9.17) is 23.2 Å². The molecule has 3 aromatic rings. The first-order valence-corrected chi connectivity index (χ1v) is 20.7. The van der Waals surface area contributed by atoms with E-state index >= 15 is 0 Å². The van der Waals surface area contributed by atoms with Crippen molar-refractivity contribution in [3.63, 3.8) is 0 Å². The number of allylic oxidation sites excluding steroid dienone is 8. The Morgan fingerprint density at radius 1 is 0.446 bits per heavy atom. The van der Waals surface area contributed by atoms with Crippen LogP contribution in [0.1, 0.15) is 115 Å². The number of halogens is 2. The molecule has 6 aliphatic rings. The van der Waals surface area contributed by atoms with Gasteiger partial charge in [-0.05, 0) is 109 Å². The molecule has 0 aromatic heterocycles. The van der Waals surface area contributed by atoms with Crippen molar-refractivity contribution in [3.8, 4) is 0 Å². The lowest BCUT2D eigenvalue weighted by molar-refractivity contribution is -0.120. The number of anilines is 2. The summed E-state index contributed by atoms with van der Waals surface area (Å²) in [4.78, 5) is 61.5. The summed E-state index contributed by atoms with van der Waals surface area (Å²) in [7, 11) is 0. The zero-order valence-corrected chi connectivity index (χ0v) is 33.9. The van der Waals surface area contributed by atoms with E-state index in [1.807, 2.05) is 72.8 Å². The minimum atomic E-state index is -0.501. The lowest BCUT2D eigenvalue weighted by atomic mass is 9.65. The number of carbonyl (C=O) groups excluding carboxylic acids is 4. The van der Waals surface area contributed by atoms with Crippen LogP contribution in [0.15, 0.2) is 118 Å². The van der Waals surface area contributed by atoms with E-state index in [-0.39, 0.29) is 34.0 Å². The number of carbonyl (C=O) groups is 4. The third-order valence-corrected chi connectivity index (χ3v) is 13.2. The van der Waals surface area contributed by atoms with Gasteiger partial charge < -0.3 is 9.80 Å². The molecule has 4 aliphatic carbocycles. The van der Waals surface area contributed by atoms with Crippen LogP contribution in [-0.2, 0) is 19.2 Å². The number of ketones is 4. The van der Waals surface area contributed by atoms with Crippen molar-refractivity contribution in [1.82, 2.24) is 0 Å². The second kappa shape index (κ2) is 13.6. The molecule has 56 heavy (non-hydrogen) atoms. The lowest BCUT2D eigenvalue weighted by Gasteiger charge is -2.47. The molecular weight excluding hydrogens is 739 g/mol. The Kier molecular flexibility index (Phi) is 8.98. The van der Waals surface area contributed by atoms with Crippen LogP contribution in [0.25, 0.3) is 0 Å². The Morgan fingerprint density at radius 2 is 0.786 bits per heavy atom. The van der Waals surface area contributed by atoms with E-state index in [1.165, 1.54) is 0 Å². The Bertz CT molecular complexity index is 2190. The normalized spacial score (nSPS) is 24.7. The summed E-state index contributed by atoms with van der Waals surface area (Å²) >= 11 is 12.7. The number of hydrogen-bond donors (Lipinski definition) is 0. The van der Waals surface area contributed by atoms with Gasteiger partial charge in [0.25, 0.3) is 0 Å². The molecule has 3 aromatic carbocycles. The quantitative estimate of drug-likeness (QED) is 0.262. The zero-order chi connectivity index (χ0) is 39.3. The Hall–Kier alpha value is -4.52. The molecule has 6 nitrogen and oxygen atoms in total. The fraction of sp³-hybridized carbons (Fsp3) is 0.375. The maximum Gasteiger partial charge on any atom is 0.162 e. The van der Waals surface area contributed by atoms with Crippen molar-refractivity contribution >= 4 is 57.7 Å². The molecule has 0 N–H and O–H groups in total. The van der Waals surface area contributed by atoms with Gasteiger partial charge in [-0.2, -0.15) is 0 Å². The number of nitrogens with zero attached hydrogens (tertiary/aromatic N) is 2. The number of hydrogen-bond acceptors (Lipinski definition) is 6. The molecule has 2 unspecified atom stereocenters. The fourth-order valence-electron chi connectivity index (χ4n) is 10.4. The Balaban J connectivity index is 1.21. The summed E-state index contributed by atoms with van der Waals surface area (Å²) in [6.07, 6.45) is 5.99. The summed E-state index contributed by atoms with van der Waals surface area (Å²) in [6, 6.07) is 23.5. The Morgan fingerprint density at radius 3 is 1.14 bits per heavy atom. The largest absolute Gasteiger partial charge is 0.317 e. The number of Topliss-reactive ketones (excluding diaryl/α,β-unsaturated/α-hetero) is 4. The molecule has 0 saturated carbocycles. The third kappa shape index (κ3) is 6.15. The van der Waals surface area contributed by atoms with Crippen molar-refractivity contribution in [2.45, 2.75) is 104 Å².